The lowest BCUT2D eigenvalue weighted by molar-refractivity contribution is -0.113. The second-order valence-electron chi connectivity index (χ2n) is 7.73. The highest BCUT2D eigenvalue weighted by Gasteiger charge is 2.17. The number of aryl methyl sites for hydroxylation is 2. The average Bonchev–Trinajstić information content (AvgIpc) is 2.85. The molecule has 1 heterocycles. The summed E-state index contributed by atoms with van der Waals surface area (Å²) in [7, 11) is 0. The van der Waals surface area contributed by atoms with Gasteiger partial charge in [-0.3, -0.25) is 4.79 Å². The highest BCUT2D eigenvalue weighted by Crippen LogP contribution is 2.34. The molecule has 0 fully saturated rings. The van der Waals surface area contributed by atoms with Crippen LogP contribution < -0.4 is 5.32 Å². The molecule has 1 aromatic heterocycles. The van der Waals surface area contributed by atoms with E-state index in [0.29, 0.717) is 10.6 Å². The predicted molar refractivity (Wildman–Crippen MR) is 135 cm³/mol. The maximum atomic E-state index is 12.7. The second kappa shape index (κ2) is 10.2. The van der Waals surface area contributed by atoms with Gasteiger partial charge in [-0.15, -0.1) is 0 Å². The molecule has 1 N–H and O–H groups in total. The van der Waals surface area contributed by atoms with Gasteiger partial charge in [0.15, 0.2) is 0 Å². The molecule has 0 saturated carbocycles. The summed E-state index contributed by atoms with van der Waals surface area (Å²) >= 11 is 1.28. The van der Waals surface area contributed by atoms with Crippen LogP contribution in [0.2, 0.25) is 0 Å². The number of nitrogens with one attached hydrogen (secondary N) is 1. The molecule has 0 aliphatic rings. The van der Waals surface area contributed by atoms with E-state index in [9.17, 15) is 10.1 Å². The number of thioether (sulfide) groups is 1. The molecule has 0 unspecified atom stereocenters. The number of anilines is 1. The molecule has 0 bridgehead atoms. The van der Waals surface area contributed by atoms with Crippen LogP contribution in [0.3, 0.4) is 0 Å². The molecule has 33 heavy (non-hydrogen) atoms. The maximum Gasteiger partial charge on any atom is 0.234 e. The molecule has 0 aliphatic heterocycles. The third-order valence-corrected chi connectivity index (χ3v) is 6.22. The van der Waals surface area contributed by atoms with Crippen molar-refractivity contribution in [1.82, 2.24) is 4.98 Å². The Morgan fingerprint density at radius 3 is 2.24 bits per heavy atom. The normalized spacial score (nSPS) is 10.5. The molecule has 162 valence electrons. The summed E-state index contributed by atoms with van der Waals surface area (Å²) in [5.41, 5.74) is 6.91. The van der Waals surface area contributed by atoms with Gasteiger partial charge in [-0.2, -0.15) is 5.26 Å². The van der Waals surface area contributed by atoms with Crippen LogP contribution in [0.5, 0.6) is 0 Å². The van der Waals surface area contributed by atoms with Gasteiger partial charge in [0.2, 0.25) is 5.91 Å². The Morgan fingerprint density at radius 2 is 1.61 bits per heavy atom. The summed E-state index contributed by atoms with van der Waals surface area (Å²) in [6, 6.07) is 29.8. The lowest BCUT2D eigenvalue weighted by Gasteiger charge is -2.13. The van der Waals surface area contributed by atoms with E-state index in [-0.39, 0.29) is 11.7 Å². The van der Waals surface area contributed by atoms with E-state index in [4.69, 9.17) is 4.98 Å². The lowest BCUT2D eigenvalue weighted by atomic mass is 9.99. The smallest absolute Gasteiger partial charge is 0.234 e. The number of aromatic nitrogens is 1. The number of hydrogen-bond acceptors (Lipinski definition) is 4. The van der Waals surface area contributed by atoms with Crippen molar-refractivity contribution >= 4 is 23.4 Å². The number of hydrogen-bond donors (Lipinski definition) is 1. The van der Waals surface area contributed by atoms with Crippen LogP contribution in [0.15, 0.2) is 90.0 Å². The van der Waals surface area contributed by atoms with E-state index < -0.39 is 0 Å². The fourth-order valence-electron chi connectivity index (χ4n) is 3.61. The molecule has 5 heteroatoms. The molecule has 0 atom stereocenters. The van der Waals surface area contributed by atoms with Crippen LogP contribution in [-0.2, 0) is 4.79 Å². The Morgan fingerprint density at radius 1 is 0.939 bits per heavy atom. The molecule has 0 radical (unpaired) electrons. The standard InChI is InChI=1S/C28H23N3OS/c1-19-13-14-25(20(2)15-19)30-27(32)18-33-28-24(17-29)23(21-9-5-3-6-10-21)16-26(31-28)22-11-7-4-8-12-22/h3-16H,18H2,1-2H3,(H,30,32). The third kappa shape index (κ3) is 5.31. The zero-order valence-corrected chi connectivity index (χ0v) is 19.3. The van der Waals surface area contributed by atoms with Gasteiger partial charge in [-0.05, 0) is 37.1 Å². The third-order valence-electron chi connectivity index (χ3n) is 5.25. The zero-order valence-electron chi connectivity index (χ0n) is 18.5. The number of benzene rings is 3. The van der Waals surface area contributed by atoms with Crippen molar-refractivity contribution in [2.24, 2.45) is 0 Å². The minimum absolute atomic E-state index is 0.135. The predicted octanol–water partition coefficient (Wildman–Crippen LogP) is 6.63. The largest absolute Gasteiger partial charge is 0.325 e. The number of nitrogens with zero attached hydrogens (tertiary/aromatic N) is 2. The molecule has 0 saturated heterocycles. The molecule has 4 aromatic rings. The number of nitriles is 1. The Bertz CT molecular complexity index is 1330. The van der Waals surface area contributed by atoms with E-state index in [1.165, 1.54) is 11.8 Å². The van der Waals surface area contributed by atoms with Gasteiger partial charge in [-0.1, -0.05) is 90.1 Å². The monoisotopic (exact) mass is 449 g/mol. The summed E-state index contributed by atoms with van der Waals surface area (Å²) in [6.07, 6.45) is 0. The van der Waals surface area contributed by atoms with Crippen LogP contribution in [0.1, 0.15) is 16.7 Å². The molecule has 0 spiro atoms. The van der Waals surface area contributed by atoms with Crippen molar-refractivity contribution in [1.29, 1.82) is 5.26 Å². The van der Waals surface area contributed by atoms with Gasteiger partial charge in [0, 0.05) is 16.8 Å². The molecule has 0 aliphatic carbocycles. The van der Waals surface area contributed by atoms with Gasteiger partial charge < -0.3 is 5.32 Å². The Labute approximate surface area is 198 Å². The average molecular weight is 450 g/mol. The molecular formula is C28H23N3OS. The van der Waals surface area contributed by atoms with Crippen molar-refractivity contribution in [3.05, 3.63) is 102 Å². The first-order chi connectivity index (χ1) is 16.0. The lowest BCUT2D eigenvalue weighted by Crippen LogP contribution is -2.15. The maximum absolute atomic E-state index is 12.7. The minimum Gasteiger partial charge on any atom is -0.325 e. The fraction of sp³-hybridized carbons (Fsp3) is 0.107. The summed E-state index contributed by atoms with van der Waals surface area (Å²) in [6.45, 7) is 3.99. The van der Waals surface area contributed by atoms with Crippen LogP contribution in [0.25, 0.3) is 22.4 Å². The highest BCUT2D eigenvalue weighted by atomic mass is 32.2. The van der Waals surface area contributed by atoms with Gasteiger partial charge in [0.25, 0.3) is 0 Å². The number of amides is 1. The summed E-state index contributed by atoms with van der Waals surface area (Å²) < 4.78 is 0. The number of carbonyl (C=O) groups is 1. The quantitative estimate of drug-likeness (QED) is 0.335. The van der Waals surface area contributed by atoms with Gasteiger partial charge in [-0.25, -0.2) is 4.98 Å². The topological polar surface area (TPSA) is 65.8 Å². The highest BCUT2D eigenvalue weighted by molar-refractivity contribution is 8.00. The second-order valence-corrected chi connectivity index (χ2v) is 8.70. The Kier molecular flexibility index (Phi) is 6.87. The van der Waals surface area contributed by atoms with Gasteiger partial charge in [0.1, 0.15) is 11.1 Å². The van der Waals surface area contributed by atoms with Crippen LogP contribution in [-0.4, -0.2) is 16.6 Å². The number of rotatable bonds is 6. The van der Waals surface area contributed by atoms with Crippen molar-refractivity contribution in [2.45, 2.75) is 18.9 Å². The van der Waals surface area contributed by atoms with Crippen molar-refractivity contribution in [3.8, 4) is 28.5 Å². The summed E-state index contributed by atoms with van der Waals surface area (Å²) in [5, 5.41) is 13.5. The Balaban J connectivity index is 1.66. The van der Waals surface area contributed by atoms with Crippen molar-refractivity contribution in [3.63, 3.8) is 0 Å². The number of carbonyl (C=O) groups excluding carboxylic acids is 1. The van der Waals surface area contributed by atoms with Crippen LogP contribution in [0, 0.1) is 25.2 Å². The van der Waals surface area contributed by atoms with E-state index in [0.717, 1.165) is 39.2 Å². The first kappa shape index (κ1) is 22.3. The van der Waals surface area contributed by atoms with E-state index >= 15 is 0 Å². The van der Waals surface area contributed by atoms with E-state index in [1.54, 1.807) is 0 Å². The fourth-order valence-corrected chi connectivity index (χ4v) is 4.41. The first-order valence-electron chi connectivity index (χ1n) is 10.6. The molecule has 3 aromatic carbocycles. The van der Waals surface area contributed by atoms with Crippen molar-refractivity contribution < 1.29 is 4.79 Å². The van der Waals surface area contributed by atoms with Crippen LogP contribution >= 0.6 is 11.8 Å². The van der Waals surface area contributed by atoms with Crippen molar-refractivity contribution in [2.75, 3.05) is 11.1 Å². The molecule has 4 rings (SSSR count). The number of pyridine rings is 1. The van der Waals surface area contributed by atoms with Gasteiger partial charge >= 0.3 is 0 Å². The molecular weight excluding hydrogens is 426 g/mol. The van der Waals surface area contributed by atoms with E-state index in [1.807, 2.05) is 98.8 Å². The molecule has 1 amide bonds. The van der Waals surface area contributed by atoms with Gasteiger partial charge in [0.05, 0.1) is 17.0 Å². The summed E-state index contributed by atoms with van der Waals surface area (Å²) in [4.78, 5) is 17.5. The minimum atomic E-state index is -0.135. The Hall–Kier alpha value is -3.88. The SMILES string of the molecule is Cc1ccc(NC(=O)CSc2nc(-c3ccccc3)cc(-c3ccccc3)c2C#N)c(C)c1. The summed E-state index contributed by atoms with van der Waals surface area (Å²) in [5.74, 6) is 0.0191. The molecule has 4 nitrogen and oxygen atoms in total. The van der Waals surface area contributed by atoms with E-state index in [2.05, 4.69) is 11.4 Å². The first-order valence-corrected chi connectivity index (χ1v) is 11.6. The zero-order chi connectivity index (χ0) is 23.2. The van der Waals surface area contributed by atoms with Crippen LogP contribution in [0.4, 0.5) is 5.69 Å².